The van der Waals surface area contributed by atoms with E-state index in [4.69, 9.17) is 4.74 Å². The van der Waals surface area contributed by atoms with Gasteiger partial charge in [0.25, 0.3) is 0 Å². The zero-order valence-electron chi connectivity index (χ0n) is 19.8. The predicted molar refractivity (Wildman–Crippen MR) is 129 cm³/mol. The number of rotatable bonds is 10. The highest BCUT2D eigenvalue weighted by molar-refractivity contribution is 5.72. The molecule has 0 bridgehead atoms. The molecule has 4 nitrogen and oxygen atoms in total. The summed E-state index contributed by atoms with van der Waals surface area (Å²) in [7, 11) is 1.46. The van der Waals surface area contributed by atoms with Gasteiger partial charge < -0.3 is 15.2 Å². The van der Waals surface area contributed by atoms with Gasteiger partial charge in [0.05, 0.1) is 20.2 Å². The first-order valence-corrected chi connectivity index (χ1v) is 11.1. The molecule has 2 atom stereocenters. The van der Waals surface area contributed by atoms with Crippen LogP contribution in [-0.2, 0) is 16.0 Å². The second-order valence-corrected chi connectivity index (χ2v) is 7.46. The fourth-order valence-corrected chi connectivity index (χ4v) is 3.58. The summed E-state index contributed by atoms with van der Waals surface area (Å²) in [6, 6.07) is 17.6. The normalized spacial score (nSPS) is 11.9. The van der Waals surface area contributed by atoms with Crippen LogP contribution in [0.3, 0.4) is 0 Å². The van der Waals surface area contributed by atoms with E-state index < -0.39 is 0 Å². The molecular weight excluding hydrogens is 386 g/mol. The third-order valence-electron chi connectivity index (χ3n) is 5.10. The second-order valence-electron chi connectivity index (χ2n) is 7.46. The molecule has 0 aliphatic rings. The van der Waals surface area contributed by atoms with Crippen LogP contribution in [-0.4, -0.2) is 31.3 Å². The molecule has 170 valence electrons. The average Bonchev–Trinajstić information content (AvgIpc) is 2.80. The zero-order valence-corrected chi connectivity index (χ0v) is 19.8. The number of methoxy groups -OCH3 is 1. The van der Waals surface area contributed by atoms with Gasteiger partial charge in [-0.05, 0) is 41.5 Å². The highest BCUT2D eigenvalue weighted by Crippen LogP contribution is 2.29. The molecule has 2 rings (SSSR count). The zero-order chi connectivity index (χ0) is 23.6. The van der Waals surface area contributed by atoms with Crippen LogP contribution in [0.2, 0.25) is 0 Å². The van der Waals surface area contributed by atoms with Gasteiger partial charge in [0.15, 0.2) is 0 Å². The summed E-state index contributed by atoms with van der Waals surface area (Å²) in [5.74, 6) is 0.898. The average molecular weight is 427 g/mol. The lowest BCUT2D eigenvalue weighted by molar-refractivity contribution is -0.659. The molecule has 2 aromatic rings. The van der Waals surface area contributed by atoms with Gasteiger partial charge in [0, 0.05) is 6.42 Å². The molecule has 1 unspecified atom stereocenters. The quantitative estimate of drug-likeness (QED) is 0.336. The largest absolute Gasteiger partial charge is 0.508 e. The molecule has 0 radical (unpaired) electrons. The Kier molecular flexibility index (Phi) is 15.5. The highest BCUT2D eigenvalue weighted by Gasteiger charge is 2.22. The van der Waals surface area contributed by atoms with E-state index in [0.29, 0.717) is 30.6 Å². The summed E-state index contributed by atoms with van der Waals surface area (Å²) in [5.41, 5.74) is 2.33. The molecule has 0 saturated carbocycles. The van der Waals surface area contributed by atoms with Gasteiger partial charge in [-0.2, -0.15) is 0 Å². The Bertz CT molecular complexity index is 740. The topological polar surface area (TPSA) is 63.1 Å². The number of hydrogen-bond acceptors (Lipinski definition) is 3. The Morgan fingerprint density at radius 1 is 1.06 bits per heavy atom. The molecule has 0 heterocycles. The Balaban J connectivity index is 0.00000212. The van der Waals surface area contributed by atoms with Gasteiger partial charge in [0.1, 0.15) is 11.7 Å². The highest BCUT2D eigenvalue weighted by atomic mass is 16.5. The lowest BCUT2D eigenvalue weighted by Crippen LogP contribution is -2.86. The first kappa shape index (κ1) is 28.2. The minimum absolute atomic E-state index is 0.143. The summed E-state index contributed by atoms with van der Waals surface area (Å²) in [4.78, 5) is 12.1. The van der Waals surface area contributed by atoms with Crippen LogP contribution >= 0.6 is 0 Å². The maximum Gasteiger partial charge on any atom is 0.314 e. The van der Waals surface area contributed by atoms with Crippen LogP contribution in [0.25, 0.3) is 0 Å². The van der Waals surface area contributed by atoms with E-state index in [-0.39, 0.29) is 11.9 Å². The molecule has 0 fully saturated rings. The third-order valence-corrected chi connectivity index (χ3v) is 5.10. The van der Waals surface area contributed by atoms with E-state index in [9.17, 15) is 9.90 Å². The minimum atomic E-state index is -0.150. The summed E-state index contributed by atoms with van der Waals surface area (Å²) in [6.45, 7) is 10.1. The molecular formula is C27H40NO3+. The molecule has 4 heteroatoms. The third kappa shape index (κ3) is 10.7. The number of esters is 1. The number of phenols is 1. The van der Waals surface area contributed by atoms with Crippen LogP contribution < -0.4 is 5.32 Å². The Morgan fingerprint density at radius 3 is 2.26 bits per heavy atom. The molecule has 0 spiro atoms. The predicted octanol–water partition coefficient (Wildman–Crippen LogP) is 4.39. The van der Waals surface area contributed by atoms with Crippen molar-refractivity contribution >= 4 is 5.97 Å². The van der Waals surface area contributed by atoms with Crippen molar-refractivity contribution in [3.05, 3.63) is 65.7 Å². The Labute approximate surface area is 189 Å². The second kappa shape index (κ2) is 17.0. The van der Waals surface area contributed by atoms with Crippen molar-refractivity contribution < 1.29 is 20.0 Å². The van der Waals surface area contributed by atoms with Crippen LogP contribution in [0, 0.1) is 24.7 Å². The molecule has 3 N–H and O–H groups in total. The standard InChI is InChI=1S/C23H31NO3.C2H6.C2H2/c1-17(2)22(19-10-7-11-21(25)15-19)12-13-24-16-20(23(26)27-3)14-18-8-5-4-6-9-18;2*1-2/h4-11,15,17,20,22,24-25H,12-14,16H2,1-3H3;1-2H3;1-2H/p+1/t20-,22?;;/m0../s1. The van der Waals surface area contributed by atoms with Crippen LogP contribution in [0.15, 0.2) is 54.6 Å². The van der Waals surface area contributed by atoms with E-state index in [1.807, 2.05) is 56.3 Å². The first-order valence-electron chi connectivity index (χ1n) is 11.1. The molecule has 0 saturated heterocycles. The van der Waals surface area contributed by atoms with E-state index in [2.05, 4.69) is 38.1 Å². The SMILES string of the molecule is C#C.CC.COC(=O)[C@H](C[NH2+]CCC(c1cccc(O)c1)C(C)C)Cc1ccccc1. The summed E-state index contributed by atoms with van der Waals surface area (Å²) < 4.78 is 5.00. The molecule has 31 heavy (non-hydrogen) atoms. The molecule has 0 aliphatic heterocycles. The van der Waals surface area contributed by atoms with Gasteiger partial charge in [0.2, 0.25) is 0 Å². The molecule has 0 aromatic heterocycles. The summed E-state index contributed by atoms with van der Waals surface area (Å²) in [6.07, 6.45) is 9.70. The minimum Gasteiger partial charge on any atom is -0.508 e. The number of benzene rings is 2. The number of quaternary nitrogens is 1. The van der Waals surface area contributed by atoms with Crippen LogP contribution in [0.1, 0.15) is 51.2 Å². The number of terminal acetylenes is 1. The van der Waals surface area contributed by atoms with Crippen molar-refractivity contribution in [2.24, 2.45) is 11.8 Å². The first-order chi connectivity index (χ1) is 15.0. The molecule has 0 aliphatic carbocycles. The van der Waals surface area contributed by atoms with E-state index in [1.54, 1.807) is 6.07 Å². The van der Waals surface area contributed by atoms with Gasteiger partial charge in [-0.15, -0.1) is 12.8 Å². The Morgan fingerprint density at radius 2 is 1.71 bits per heavy atom. The maximum absolute atomic E-state index is 12.1. The van der Waals surface area contributed by atoms with Crippen LogP contribution in [0.5, 0.6) is 5.75 Å². The van der Waals surface area contributed by atoms with Gasteiger partial charge in [-0.1, -0.05) is 70.2 Å². The number of carbonyl (C=O) groups is 1. The number of hydrogen-bond donors (Lipinski definition) is 2. The number of phenolic OH excluding ortho intramolecular Hbond substituents is 1. The Hall–Kier alpha value is -2.77. The van der Waals surface area contributed by atoms with E-state index in [0.717, 1.165) is 18.5 Å². The van der Waals surface area contributed by atoms with Crippen molar-refractivity contribution in [2.45, 2.75) is 46.5 Å². The monoisotopic (exact) mass is 426 g/mol. The van der Waals surface area contributed by atoms with Crippen LogP contribution in [0.4, 0.5) is 0 Å². The van der Waals surface area contributed by atoms with E-state index in [1.165, 1.54) is 12.7 Å². The lowest BCUT2D eigenvalue weighted by Gasteiger charge is -2.21. The fourth-order valence-electron chi connectivity index (χ4n) is 3.58. The van der Waals surface area contributed by atoms with Crippen molar-refractivity contribution in [3.8, 4) is 18.6 Å². The van der Waals surface area contributed by atoms with Crippen molar-refractivity contribution in [1.82, 2.24) is 0 Å². The number of aromatic hydroxyl groups is 1. The summed E-state index contributed by atoms with van der Waals surface area (Å²) >= 11 is 0. The number of carbonyl (C=O) groups excluding carboxylic acids is 1. The smallest absolute Gasteiger partial charge is 0.314 e. The molecule has 2 aromatic carbocycles. The van der Waals surface area contributed by atoms with Gasteiger partial charge in [-0.3, -0.25) is 4.79 Å². The number of nitrogens with two attached hydrogens (primary N) is 1. The van der Waals surface area contributed by atoms with Crippen molar-refractivity contribution in [1.29, 1.82) is 0 Å². The van der Waals surface area contributed by atoms with Crippen molar-refractivity contribution in [3.63, 3.8) is 0 Å². The van der Waals surface area contributed by atoms with Crippen molar-refractivity contribution in [2.75, 3.05) is 20.2 Å². The number of ether oxygens (including phenoxy) is 1. The lowest BCUT2D eigenvalue weighted by atomic mass is 9.85. The maximum atomic E-state index is 12.1. The van der Waals surface area contributed by atoms with Gasteiger partial charge >= 0.3 is 5.97 Å². The molecule has 0 amide bonds. The fraction of sp³-hybridized carbons (Fsp3) is 0.444. The summed E-state index contributed by atoms with van der Waals surface area (Å²) in [5, 5.41) is 12.0. The van der Waals surface area contributed by atoms with Gasteiger partial charge in [-0.25, -0.2) is 0 Å². The van der Waals surface area contributed by atoms with E-state index >= 15 is 0 Å².